The normalized spacial score (nSPS) is 11.1. The maximum absolute atomic E-state index is 6.22. The molecule has 0 bridgehead atoms. The first-order valence-electron chi connectivity index (χ1n) is 6.98. The van der Waals surface area contributed by atoms with E-state index in [9.17, 15) is 0 Å². The van der Waals surface area contributed by atoms with Gasteiger partial charge in [-0.25, -0.2) is 9.97 Å². The van der Waals surface area contributed by atoms with Gasteiger partial charge in [-0.1, -0.05) is 29.3 Å². The molecule has 6 nitrogen and oxygen atoms in total. The van der Waals surface area contributed by atoms with Crippen molar-refractivity contribution in [3.05, 3.63) is 40.8 Å². The van der Waals surface area contributed by atoms with E-state index in [4.69, 9.17) is 32.7 Å². The predicted molar refractivity (Wildman–Crippen MR) is 88.4 cm³/mol. The molecule has 2 heterocycles. The zero-order valence-corrected chi connectivity index (χ0v) is 13.9. The standard InChI is InChI=1S/C15H14Cl2N4O2/c1-22-7-3-6-21-13-11(14(17)20-21)4-2-5-12(13)23-15-18-8-10(16)9-19-15/h2,4-5,8-9H,3,6-7H2,1H3. The lowest BCUT2D eigenvalue weighted by Crippen LogP contribution is -2.04. The number of ether oxygens (including phenoxy) is 2. The van der Waals surface area contributed by atoms with Crippen molar-refractivity contribution in [3.63, 3.8) is 0 Å². The topological polar surface area (TPSA) is 62.1 Å². The van der Waals surface area contributed by atoms with Gasteiger partial charge in [-0.3, -0.25) is 4.68 Å². The van der Waals surface area contributed by atoms with Gasteiger partial charge in [0.15, 0.2) is 10.9 Å². The third-order valence-electron chi connectivity index (χ3n) is 3.20. The van der Waals surface area contributed by atoms with Gasteiger partial charge >= 0.3 is 6.01 Å². The molecule has 0 saturated heterocycles. The monoisotopic (exact) mass is 352 g/mol. The van der Waals surface area contributed by atoms with E-state index in [-0.39, 0.29) is 6.01 Å². The number of hydrogen-bond donors (Lipinski definition) is 0. The van der Waals surface area contributed by atoms with Gasteiger partial charge in [0.05, 0.1) is 17.4 Å². The van der Waals surface area contributed by atoms with Gasteiger partial charge < -0.3 is 9.47 Å². The SMILES string of the molecule is COCCCn1nc(Cl)c2cccc(Oc3ncc(Cl)cn3)c21. The van der Waals surface area contributed by atoms with Gasteiger partial charge in [0, 0.05) is 25.6 Å². The van der Waals surface area contributed by atoms with Crippen molar-refractivity contribution in [3.8, 4) is 11.8 Å². The van der Waals surface area contributed by atoms with Gasteiger partial charge in [0.2, 0.25) is 0 Å². The number of aromatic nitrogens is 4. The number of fused-ring (bicyclic) bond motifs is 1. The van der Waals surface area contributed by atoms with Crippen LogP contribution in [-0.4, -0.2) is 33.5 Å². The minimum Gasteiger partial charge on any atom is -0.422 e. The van der Waals surface area contributed by atoms with E-state index in [2.05, 4.69) is 15.1 Å². The minimum atomic E-state index is 0.211. The number of benzene rings is 1. The van der Waals surface area contributed by atoms with Crippen LogP contribution in [0.25, 0.3) is 10.9 Å². The minimum absolute atomic E-state index is 0.211. The highest BCUT2D eigenvalue weighted by Crippen LogP contribution is 2.32. The van der Waals surface area contributed by atoms with Crippen LogP contribution in [-0.2, 0) is 11.3 Å². The van der Waals surface area contributed by atoms with Crippen molar-refractivity contribution in [2.24, 2.45) is 0 Å². The fraction of sp³-hybridized carbons (Fsp3) is 0.267. The number of methoxy groups -OCH3 is 1. The largest absolute Gasteiger partial charge is 0.422 e. The van der Waals surface area contributed by atoms with Crippen molar-refractivity contribution < 1.29 is 9.47 Å². The molecule has 0 aliphatic rings. The molecule has 0 unspecified atom stereocenters. The highest BCUT2D eigenvalue weighted by molar-refractivity contribution is 6.34. The van der Waals surface area contributed by atoms with E-state index in [0.29, 0.717) is 29.1 Å². The molecular weight excluding hydrogens is 339 g/mol. The Morgan fingerprint density at radius 1 is 1.17 bits per heavy atom. The van der Waals surface area contributed by atoms with E-state index < -0.39 is 0 Å². The molecule has 8 heteroatoms. The summed E-state index contributed by atoms with van der Waals surface area (Å²) >= 11 is 12.0. The summed E-state index contributed by atoms with van der Waals surface area (Å²) in [6.07, 6.45) is 3.77. The summed E-state index contributed by atoms with van der Waals surface area (Å²) in [6.45, 7) is 1.31. The molecule has 120 valence electrons. The zero-order valence-electron chi connectivity index (χ0n) is 12.4. The summed E-state index contributed by atoms with van der Waals surface area (Å²) in [7, 11) is 1.67. The number of halogens is 2. The van der Waals surface area contributed by atoms with Crippen LogP contribution >= 0.6 is 23.2 Å². The molecule has 0 aliphatic heterocycles. The zero-order chi connectivity index (χ0) is 16.2. The van der Waals surface area contributed by atoms with Crippen molar-refractivity contribution >= 4 is 34.1 Å². The molecule has 3 rings (SSSR count). The summed E-state index contributed by atoms with van der Waals surface area (Å²) in [5.74, 6) is 0.585. The Kier molecular flexibility index (Phi) is 4.95. The average Bonchev–Trinajstić information content (AvgIpc) is 2.87. The molecule has 0 radical (unpaired) electrons. The van der Waals surface area contributed by atoms with Crippen LogP contribution < -0.4 is 4.74 Å². The first kappa shape index (κ1) is 16.0. The summed E-state index contributed by atoms with van der Waals surface area (Å²) < 4.78 is 12.7. The lowest BCUT2D eigenvalue weighted by atomic mass is 10.2. The van der Waals surface area contributed by atoms with Gasteiger partial charge in [-0.2, -0.15) is 5.10 Å². The Bertz CT molecular complexity index is 805. The van der Waals surface area contributed by atoms with Crippen LogP contribution in [0, 0.1) is 0 Å². The summed E-state index contributed by atoms with van der Waals surface area (Å²) in [5.41, 5.74) is 0.798. The van der Waals surface area contributed by atoms with E-state index in [0.717, 1.165) is 17.3 Å². The second-order valence-electron chi connectivity index (χ2n) is 4.80. The van der Waals surface area contributed by atoms with Gasteiger partial charge in [0.25, 0.3) is 0 Å². The maximum atomic E-state index is 6.22. The second-order valence-corrected chi connectivity index (χ2v) is 5.59. The van der Waals surface area contributed by atoms with E-state index in [1.807, 2.05) is 22.9 Å². The van der Waals surface area contributed by atoms with Crippen molar-refractivity contribution in [2.45, 2.75) is 13.0 Å². The smallest absolute Gasteiger partial charge is 0.322 e. The van der Waals surface area contributed by atoms with E-state index in [1.54, 1.807) is 7.11 Å². The van der Waals surface area contributed by atoms with Crippen LogP contribution in [0.3, 0.4) is 0 Å². The Hall–Kier alpha value is -1.89. The van der Waals surface area contributed by atoms with Gasteiger partial charge in [-0.05, 0) is 18.6 Å². The quantitative estimate of drug-likeness (QED) is 0.628. The third kappa shape index (κ3) is 3.55. The fourth-order valence-electron chi connectivity index (χ4n) is 2.22. The second kappa shape index (κ2) is 7.12. The number of hydrogen-bond acceptors (Lipinski definition) is 5. The van der Waals surface area contributed by atoms with Crippen LogP contribution in [0.4, 0.5) is 0 Å². The lowest BCUT2D eigenvalue weighted by molar-refractivity contribution is 0.189. The highest BCUT2D eigenvalue weighted by Gasteiger charge is 2.15. The highest BCUT2D eigenvalue weighted by atomic mass is 35.5. The third-order valence-corrected chi connectivity index (χ3v) is 3.68. The number of aryl methyl sites for hydroxylation is 1. The molecule has 0 saturated carbocycles. The molecule has 0 aliphatic carbocycles. The molecule has 1 aromatic carbocycles. The summed E-state index contributed by atoms with van der Waals surface area (Å²) in [4.78, 5) is 8.09. The molecule has 0 N–H and O–H groups in total. The number of para-hydroxylation sites is 1. The first-order chi connectivity index (χ1) is 11.2. The first-order valence-corrected chi connectivity index (χ1v) is 7.74. The van der Waals surface area contributed by atoms with Crippen LogP contribution in [0.1, 0.15) is 6.42 Å². The molecule has 0 spiro atoms. The number of nitrogens with zero attached hydrogens (tertiary/aromatic N) is 4. The van der Waals surface area contributed by atoms with Crippen LogP contribution in [0.15, 0.2) is 30.6 Å². The van der Waals surface area contributed by atoms with E-state index >= 15 is 0 Å². The summed E-state index contributed by atoms with van der Waals surface area (Å²) in [6, 6.07) is 5.78. The molecule has 3 aromatic rings. The fourth-order valence-corrected chi connectivity index (χ4v) is 2.56. The molecule has 0 atom stereocenters. The van der Waals surface area contributed by atoms with Crippen molar-refractivity contribution in [1.29, 1.82) is 0 Å². The molecule has 0 fully saturated rings. The van der Waals surface area contributed by atoms with Gasteiger partial charge in [-0.15, -0.1) is 0 Å². The molecule has 2 aromatic heterocycles. The molecule has 23 heavy (non-hydrogen) atoms. The Balaban J connectivity index is 1.97. The van der Waals surface area contributed by atoms with Crippen molar-refractivity contribution in [1.82, 2.24) is 19.7 Å². The molecular formula is C15H14Cl2N4O2. The molecule has 0 amide bonds. The van der Waals surface area contributed by atoms with E-state index in [1.165, 1.54) is 12.4 Å². The van der Waals surface area contributed by atoms with Crippen LogP contribution in [0.5, 0.6) is 11.8 Å². The lowest BCUT2D eigenvalue weighted by Gasteiger charge is -2.08. The Morgan fingerprint density at radius 2 is 1.96 bits per heavy atom. The summed E-state index contributed by atoms with van der Waals surface area (Å²) in [5, 5.41) is 6.06. The van der Waals surface area contributed by atoms with Crippen LogP contribution in [0.2, 0.25) is 10.2 Å². The average molecular weight is 353 g/mol. The van der Waals surface area contributed by atoms with Crippen molar-refractivity contribution in [2.75, 3.05) is 13.7 Å². The van der Waals surface area contributed by atoms with Gasteiger partial charge in [0.1, 0.15) is 5.52 Å². The number of rotatable bonds is 6. The Morgan fingerprint density at radius 3 is 2.70 bits per heavy atom. The Labute approximate surface area is 143 Å². The predicted octanol–water partition coefficient (Wildman–Crippen LogP) is 3.96. The maximum Gasteiger partial charge on any atom is 0.322 e.